The number of rotatable bonds is 9. The first-order chi connectivity index (χ1) is 11.6. The van der Waals surface area contributed by atoms with Gasteiger partial charge in [-0.2, -0.15) is 0 Å². The van der Waals surface area contributed by atoms with Crippen LogP contribution in [0, 0.1) is 5.82 Å². The maximum atomic E-state index is 13.6. The van der Waals surface area contributed by atoms with Gasteiger partial charge in [-0.05, 0) is 19.1 Å². The van der Waals surface area contributed by atoms with Crippen LogP contribution in [0.4, 0.5) is 4.39 Å². The molecule has 130 valence electrons. The van der Waals surface area contributed by atoms with E-state index in [0.717, 1.165) is 11.8 Å². The standard InChI is InChI=1S/C15H18FN3O4S/c1-10(22-12-6-4-3-5-11(12)16)14-18-19-15(23-14)24-9-13(20)17-7-8-21-2/h3-6,10H,7-9H2,1-2H3,(H,17,20)/t10-/m1/s1. The number of carbonyl (C=O) groups excluding carboxylic acids is 1. The molecule has 0 spiro atoms. The van der Waals surface area contributed by atoms with E-state index in [0.29, 0.717) is 13.2 Å². The van der Waals surface area contributed by atoms with Crippen molar-refractivity contribution in [1.29, 1.82) is 0 Å². The molecule has 0 bridgehead atoms. The maximum Gasteiger partial charge on any atom is 0.277 e. The van der Waals surface area contributed by atoms with E-state index in [-0.39, 0.29) is 28.5 Å². The highest BCUT2D eigenvalue weighted by Gasteiger charge is 2.18. The molecule has 0 radical (unpaired) electrons. The minimum absolute atomic E-state index is 0.106. The lowest BCUT2D eigenvalue weighted by Crippen LogP contribution is -2.28. The number of hydrogen-bond donors (Lipinski definition) is 1. The van der Waals surface area contributed by atoms with Gasteiger partial charge in [0.15, 0.2) is 17.7 Å². The number of ether oxygens (including phenoxy) is 2. The molecule has 1 amide bonds. The van der Waals surface area contributed by atoms with Gasteiger partial charge in [-0.15, -0.1) is 10.2 Å². The van der Waals surface area contributed by atoms with Crippen molar-refractivity contribution in [2.75, 3.05) is 26.0 Å². The van der Waals surface area contributed by atoms with Gasteiger partial charge in [0.1, 0.15) is 0 Å². The fraction of sp³-hybridized carbons (Fsp3) is 0.400. The predicted octanol–water partition coefficient (Wildman–Crippen LogP) is 2.20. The Labute approximate surface area is 142 Å². The summed E-state index contributed by atoms with van der Waals surface area (Å²) in [6.45, 7) is 2.57. The van der Waals surface area contributed by atoms with Gasteiger partial charge in [-0.3, -0.25) is 4.79 Å². The molecule has 1 aromatic heterocycles. The third-order valence-electron chi connectivity index (χ3n) is 2.87. The number of aromatic nitrogens is 2. The highest BCUT2D eigenvalue weighted by atomic mass is 32.2. The van der Waals surface area contributed by atoms with Crippen molar-refractivity contribution in [2.24, 2.45) is 0 Å². The quantitative estimate of drug-likeness (QED) is 0.545. The van der Waals surface area contributed by atoms with Crippen LogP contribution in [0.3, 0.4) is 0 Å². The van der Waals surface area contributed by atoms with Gasteiger partial charge in [0.2, 0.25) is 5.91 Å². The first kappa shape index (κ1) is 18.2. The van der Waals surface area contributed by atoms with Crippen LogP contribution in [-0.4, -0.2) is 42.1 Å². The smallest absolute Gasteiger partial charge is 0.277 e. The van der Waals surface area contributed by atoms with Gasteiger partial charge in [-0.1, -0.05) is 23.9 Å². The van der Waals surface area contributed by atoms with Crippen molar-refractivity contribution >= 4 is 17.7 Å². The van der Waals surface area contributed by atoms with E-state index in [1.807, 2.05) is 0 Å². The van der Waals surface area contributed by atoms with Gasteiger partial charge >= 0.3 is 0 Å². The zero-order valence-electron chi connectivity index (χ0n) is 13.3. The molecule has 2 aromatic rings. The van der Waals surface area contributed by atoms with Crippen molar-refractivity contribution in [3.63, 3.8) is 0 Å². The van der Waals surface area contributed by atoms with E-state index in [1.165, 1.54) is 12.1 Å². The average Bonchev–Trinajstić information content (AvgIpc) is 3.04. The number of amides is 1. The lowest BCUT2D eigenvalue weighted by Gasteiger charge is -2.11. The molecular weight excluding hydrogens is 337 g/mol. The van der Waals surface area contributed by atoms with E-state index in [4.69, 9.17) is 13.9 Å². The number of halogens is 1. The molecule has 1 aromatic carbocycles. The normalized spacial score (nSPS) is 12.0. The summed E-state index contributed by atoms with van der Waals surface area (Å²) in [7, 11) is 1.56. The van der Waals surface area contributed by atoms with Crippen molar-refractivity contribution in [1.82, 2.24) is 15.5 Å². The summed E-state index contributed by atoms with van der Waals surface area (Å²) in [6, 6.07) is 6.07. The minimum atomic E-state index is -0.612. The minimum Gasteiger partial charge on any atom is -0.478 e. The summed E-state index contributed by atoms with van der Waals surface area (Å²) in [5.41, 5.74) is 0. The van der Waals surface area contributed by atoms with E-state index in [1.54, 1.807) is 26.2 Å². The van der Waals surface area contributed by atoms with Crippen molar-refractivity contribution in [3.05, 3.63) is 36.0 Å². The van der Waals surface area contributed by atoms with Crippen LogP contribution in [0.15, 0.2) is 33.9 Å². The molecule has 0 aliphatic heterocycles. The maximum absolute atomic E-state index is 13.6. The first-order valence-corrected chi connectivity index (χ1v) is 8.21. The fourth-order valence-corrected chi connectivity index (χ4v) is 2.29. The van der Waals surface area contributed by atoms with Gasteiger partial charge in [0, 0.05) is 13.7 Å². The topological polar surface area (TPSA) is 86.5 Å². The van der Waals surface area contributed by atoms with Crippen LogP contribution in [-0.2, 0) is 9.53 Å². The van der Waals surface area contributed by atoms with Gasteiger partial charge in [-0.25, -0.2) is 4.39 Å². The van der Waals surface area contributed by atoms with Crippen LogP contribution >= 0.6 is 11.8 Å². The van der Waals surface area contributed by atoms with Gasteiger partial charge in [0.25, 0.3) is 11.1 Å². The summed E-state index contributed by atoms with van der Waals surface area (Å²) >= 11 is 1.11. The van der Waals surface area contributed by atoms with E-state index < -0.39 is 11.9 Å². The number of hydrogen-bond acceptors (Lipinski definition) is 7. The molecule has 2 rings (SSSR count). The third kappa shape index (κ3) is 5.50. The van der Waals surface area contributed by atoms with E-state index >= 15 is 0 Å². The Morgan fingerprint density at radius 2 is 2.21 bits per heavy atom. The molecule has 7 nitrogen and oxygen atoms in total. The lowest BCUT2D eigenvalue weighted by molar-refractivity contribution is -0.118. The van der Waals surface area contributed by atoms with Crippen LogP contribution in [0.25, 0.3) is 0 Å². The number of nitrogens with zero attached hydrogens (tertiary/aromatic N) is 2. The van der Waals surface area contributed by atoms with E-state index in [2.05, 4.69) is 15.5 Å². The predicted molar refractivity (Wildman–Crippen MR) is 85.4 cm³/mol. The molecule has 0 unspecified atom stereocenters. The monoisotopic (exact) mass is 355 g/mol. The largest absolute Gasteiger partial charge is 0.478 e. The van der Waals surface area contributed by atoms with Gasteiger partial charge in [0.05, 0.1) is 12.4 Å². The number of methoxy groups -OCH3 is 1. The fourth-order valence-electron chi connectivity index (χ4n) is 1.69. The Morgan fingerprint density at radius 3 is 2.96 bits per heavy atom. The van der Waals surface area contributed by atoms with Crippen molar-refractivity contribution < 1.29 is 23.1 Å². The van der Waals surface area contributed by atoms with Gasteiger partial charge < -0.3 is 19.2 Å². The molecular formula is C15H18FN3O4S. The number of nitrogens with one attached hydrogen (secondary N) is 1. The molecule has 24 heavy (non-hydrogen) atoms. The third-order valence-corrected chi connectivity index (χ3v) is 3.68. The molecule has 1 heterocycles. The summed E-state index contributed by atoms with van der Waals surface area (Å²) < 4.78 is 29.3. The van der Waals surface area contributed by atoms with Crippen LogP contribution < -0.4 is 10.1 Å². The second-order valence-electron chi connectivity index (χ2n) is 4.73. The Balaban J connectivity index is 1.84. The summed E-state index contributed by atoms with van der Waals surface area (Å²) in [5, 5.41) is 10.6. The second-order valence-corrected chi connectivity index (χ2v) is 5.65. The Kier molecular flexibility index (Phi) is 7.01. The summed E-state index contributed by atoms with van der Waals surface area (Å²) in [6.07, 6.45) is -0.612. The Hall–Kier alpha value is -2.13. The average molecular weight is 355 g/mol. The summed E-state index contributed by atoms with van der Waals surface area (Å²) in [5.74, 6) is -0.164. The highest BCUT2D eigenvalue weighted by Crippen LogP contribution is 2.25. The van der Waals surface area contributed by atoms with E-state index in [9.17, 15) is 9.18 Å². The molecule has 1 atom stereocenters. The van der Waals surface area contributed by atoms with Crippen LogP contribution in [0.2, 0.25) is 0 Å². The zero-order chi connectivity index (χ0) is 17.4. The Bertz CT molecular complexity index is 668. The molecule has 9 heteroatoms. The lowest BCUT2D eigenvalue weighted by atomic mass is 10.3. The molecule has 0 aliphatic rings. The van der Waals surface area contributed by atoms with Crippen LogP contribution in [0.5, 0.6) is 5.75 Å². The Morgan fingerprint density at radius 1 is 1.42 bits per heavy atom. The molecule has 0 saturated heterocycles. The number of thioether (sulfide) groups is 1. The second kappa shape index (κ2) is 9.24. The molecule has 1 N–H and O–H groups in total. The zero-order valence-corrected chi connectivity index (χ0v) is 14.1. The van der Waals surface area contributed by atoms with Crippen molar-refractivity contribution in [2.45, 2.75) is 18.3 Å². The van der Waals surface area contributed by atoms with Crippen LogP contribution in [0.1, 0.15) is 18.9 Å². The van der Waals surface area contributed by atoms with Crippen molar-refractivity contribution in [3.8, 4) is 5.75 Å². The molecule has 0 saturated carbocycles. The molecule has 0 fully saturated rings. The number of carbonyl (C=O) groups is 1. The molecule has 0 aliphatic carbocycles. The SMILES string of the molecule is COCCNC(=O)CSc1nnc([C@@H](C)Oc2ccccc2F)o1. The number of benzene rings is 1. The summed E-state index contributed by atoms with van der Waals surface area (Å²) in [4.78, 5) is 11.6. The first-order valence-electron chi connectivity index (χ1n) is 7.23. The highest BCUT2D eigenvalue weighted by molar-refractivity contribution is 7.99. The number of para-hydroxylation sites is 1.